The summed E-state index contributed by atoms with van der Waals surface area (Å²) >= 11 is 0. The van der Waals surface area contributed by atoms with E-state index in [1.165, 1.54) is 77.0 Å². The van der Waals surface area contributed by atoms with Gasteiger partial charge in [-0.2, -0.15) is 4.99 Å². The normalized spacial score (nSPS) is 46.9. The summed E-state index contributed by atoms with van der Waals surface area (Å²) in [5.74, 6) is 7.52. The van der Waals surface area contributed by atoms with Crippen molar-refractivity contribution in [3.63, 3.8) is 0 Å². The lowest BCUT2D eigenvalue weighted by molar-refractivity contribution is -0.0119. The Kier molecular flexibility index (Phi) is 4.67. The first kappa shape index (κ1) is 20.4. The van der Waals surface area contributed by atoms with Crippen LogP contribution in [0.4, 0.5) is 0 Å². The van der Waals surface area contributed by atoms with Crippen molar-refractivity contribution in [2.45, 2.75) is 88.1 Å². The van der Waals surface area contributed by atoms with E-state index >= 15 is 0 Å². The van der Waals surface area contributed by atoms with Crippen molar-refractivity contribution in [1.29, 1.82) is 0 Å². The topological polar surface area (TPSA) is 43.2 Å². The Balaban J connectivity index is 1.35. The highest BCUT2D eigenvalue weighted by molar-refractivity contribution is 5.95. The molecule has 0 aliphatic heterocycles. The van der Waals surface area contributed by atoms with Gasteiger partial charge in [-0.25, -0.2) is 4.99 Å². The highest BCUT2D eigenvalue weighted by atomic mass is 15.4. The summed E-state index contributed by atoms with van der Waals surface area (Å²) in [6.07, 6.45) is 16.8. The molecule has 8 fully saturated rings. The van der Waals surface area contributed by atoms with Crippen molar-refractivity contribution in [3.8, 4) is 0 Å². The molecular formula is C26H43N5. The van der Waals surface area contributed by atoms with Crippen LogP contribution in [0, 0.1) is 35.5 Å². The van der Waals surface area contributed by atoms with Crippen molar-refractivity contribution in [1.82, 2.24) is 15.1 Å². The van der Waals surface area contributed by atoms with Crippen molar-refractivity contribution < 1.29 is 0 Å². The molecule has 0 aromatic carbocycles. The predicted octanol–water partition coefficient (Wildman–Crippen LogP) is 4.35. The molecule has 0 aromatic heterocycles. The summed E-state index contributed by atoms with van der Waals surface area (Å²) in [6, 6.07) is 0. The van der Waals surface area contributed by atoms with Crippen LogP contribution in [0.15, 0.2) is 9.98 Å². The zero-order chi connectivity index (χ0) is 21.4. The fourth-order valence-corrected chi connectivity index (χ4v) is 9.70. The number of rotatable bonds is 2. The minimum atomic E-state index is 0.159. The van der Waals surface area contributed by atoms with E-state index < -0.39 is 0 Å². The third-order valence-corrected chi connectivity index (χ3v) is 9.77. The van der Waals surface area contributed by atoms with Crippen molar-refractivity contribution in [3.05, 3.63) is 0 Å². The van der Waals surface area contributed by atoms with Gasteiger partial charge in [-0.05, 0) is 113 Å². The zero-order valence-corrected chi connectivity index (χ0v) is 20.2. The Labute approximate surface area is 189 Å². The smallest absolute Gasteiger partial charge is 0.222 e. The van der Waals surface area contributed by atoms with Crippen LogP contribution in [-0.2, 0) is 0 Å². The first-order valence-electron chi connectivity index (χ1n) is 13.1. The molecule has 8 rings (SSSR count). The summed E-state index contributed by atoms with van der Waals surface area (Å²) in [5, 5.41) is 4.09. The lowest BCUT2D eigenvalue weighted by atomic mass is 9.53. The van der Waals surface area contributed by atoms with Gasteiger partial charge in [0.2, 0.25) is 11.9 Å². The number of hydrogen-bond acceptors (Lipinski definition) is 1. The molecule has 0 saturated heterocycles. The van der Waals surface area contributed by atoms with Gasteiger partial charge in [0, 0.05) is 33.7 Å². The monoisotopic (exact) mass is 425 g/mol. The number of aliphatic imine (C=N–C) groups is 2. The second-order valence-electron chi connectivity index (χ2n) is 13.1. The molecule has 0 amide bonds. The van der Waals surface area contributed by atoms with E-state index in [0.29, 0.717) is 0 Å². The first-order chi connectivity index (χ1) is 14.8. The highest BCUT2D eigenvalue weighted by Gasteiger charge is 2.53. The largest absolute Gasteiger partial charge is 0.349 e. The molecule has 172 valence electrons. The van der Waals surface area contributed by atoms with Crippen molar-refractivity contribution in [2.75, 3.05) is 28.2 Å². The van der Waals surface area contributed by atoms with Crippen LogP contribution < -0.4 is 5.32 Å². The molecule has 8 aliphatic carbocycles. The SMILES string of the molecule is CN(C)C(=N/C(=N\C12CC3CC(CC(C3)C1)C2)NC12CC3CC(CC(C3)C1)C2)N(C)C. The first-order valence-corrected chi connectivity index (χ1v) is 13.1. The van der Waals surface area contributed by atoms with E-state index in [1.807, 2.05) is 0 Å². The Morgan fingerprint density at radius 2 is 1.03 bits per heavy atom. The minimum absolute atomic E-state index is 0.159. The molecule has 0 atom stereocenters. The average molecular weight is 426 g/mol. The zero-order valence-electron chi connectivity index (χ0n) is 20.2. The van der Waals surface area contributed by atoms with Gasteiger partial charge in [-0.15, -0.1) is 0 Å². The molecule has 0 radical (unpaired) electrons. The van der Waals surface area contributed by atoms with E-state index in [2.05, 4.69) is 43.3 Å². The second kappa shape index (κ2) is 7.12. The van der Waals surface area contributed by atoms with Gasteiger partial charge in [0.25, 0.3) is 0 Å². The maximum absolute atomic E-state index is 5.61. The molecule has 8 aliphatic rings. The second-order valence-corrected chi connectivity index (χ2v) is 13.1. The minimum Gasteiger partial charge on any atom is -0.349 e. The quantitative estimate of drug-likeness (QED) is 0.528. The Bertz CT molecular complexity index is 698. The van der Waals surface area contributed by atoms with Gasteiger partial charge in [-0.1, -0.05) is 0 Å². The Hall–Kier alpha value is -1.26. The molecule has 0 aromatic rings. The lowest BCUT2D eigenvalue weighted by Crippen LogP contribution is -2.60. The number of guanidine groups is 2. The van der Waals surface area contributed by atoms with Gasteiger partial charge in [0.1, 0.15) is 0 Å². The molecule has 31 heavy (non-hydrogen) atoms. The molecule has 0 spiro atoms. The Morgan fingerprint density at radius 3 is 1.42 bits per heavy atom. The third-order valence-electron chi connectivity index (χ3n) is 9.77. The molecule has 5 heteroatoms. The molecular weight excluding hydrogens is 382 g/mol. The van der Waals surface area contributed by atoms with Crippen LogP contribution in [0.2, 0.25) is 0 Å². The van der Waals surface area contributed by atoms with Gasteiger partial charge >= 0.3 is 0 Å². The molecule has 8 bridgehead atoms. The Morgan fingerprint density at radius 1 is 0.645 bits per heavy atom. The average Bonchev–Trinajstić information content (AvgIpc) is 2.62. The standard InChI is InChI=1S/C26H43N5/c1-30(2)24(31(3)4)27-23(28-25-11-17-5-18(12-25)7-19(6-17)13-25)29-26-14-20-8-21(15-26)10-22(9-20)16-26/h17-22H,5-16H2,1-4H3,(H,28,29). The van der Waals surface area contributed by atoms with Crippen LogP contribution in [0.5, 0.6) is 0 Å². The summed E-state index contributed by atoms with van der Waals surface area (Å²) < 4.78 is 0. The number of hydrogen-bond donors (Lipinski definition) is 1. The summed E-state index contributed by atoms with van der Waals surface area (Å²) in [7, 11) is 8.41. The van der Waals surface area contributed by atoms with E-state index in [-0.39, 0.29) is 11.1 Å². The van der Waals surface area contributed by atoms with E-state index in [4.69, 9.17) is 9.98 Å². The van der Waals surface area contributed by atoms with E-state index in [9.17, 15) is 0 Å². The van der Waals surface area contributed by atoms with E-state index in [0.717, 1.165) is 47.4 Å². The van der Waals surface area contributed by atoms with Crippen LogP contribution in [0.1, 0.15) is 77.0 Å². The highest BCUT2D eigenvalue weighted by Crippen LogP contribution is 2.58. The third kappa shape index (κ3) is 3.68. The number of nitrogens with zero attached hydrogens (tertiary/aromatic N) is 4. The fourth-order valence-electron chi connectivity index (χ4n) is 9.70. The van der Waals surface area contributed by atoms with Crippen LogP contribution in [0.3, 0.4) is 0 Å². The molecule has 0 heterocycles. The maximum atomic E-state index is 5.61. The lowest BCUT2D eigenvalue weighted by Gasteiger charge is -2.57. The molecule has 8 saturated carbocycles. The van der Waals surface area contributed by atoms with Gasteiger partial charge in [0.05, 0.1) is 5.54 Å². The van der Waals surface area contributed by atoms with Gasteiger partial charge in [0.15, 0.2) is 0 Å². The number of nitrogens with one attached hydrogen (secondary N) is 1. The summed E-state index contributed by atoms with van der Waals surface area (Å²) in [6.45, 7) is 0. The van der Waals surface area contributed by atoms with Crippen molar-refractivity contribution >= 4 is 11.9 Å². The summed E-state index contributed by atoms with van der Waals surface area (Å²) in [5.41, 5.74) is 0.412. The van der Waals surface area contributed by atoms with Crippen LogP contribution in [-0.4, -0.2) is 61.0 Å². The van der Waals surface area contributed by atoms with Crippen LogP contribution >= 0.6 is 0 Å². The molecule has 5 nitrogen and oxygen atoms in total. The predicted molar refractivity (Wildman–Crippen MR) is 127 cm³/mol. The van der Waals surface area contributed by atoms with Crippen LogP contribution in [0.25, 0.3) is 0 Å². The fraction of sp³-hybridized carbons (Fsp3) is 0.923. The summed E-state index contributed by atoms with van der Waals surface area (Å²) in [4.78, 5) is 15.1. The van der Waals surface area contributed by atoms with E-state index in [1.54, 1.807) is 0 Å². The maximum Gasteiger partial charge on any atom is 0.222 e. The van der Waals surface area contributed by atoms with Crippen molar-refractivity contribution in [2.24, 2.45) is 45.5 Å². The molecule has 0 unspecified atom stereocenters. The molecule has 1 N–H and O–H groups in total. The van der Waals surface area contributed by atoms with Gasteiger partial charge in [-0.3, -0.25) is 0 Å². The van der Waals surface area contributed by atoms with Gasteiger partial charge < -0.3 is 15.1 Å².